The molecule has 2 heteroatoms. The number of rotatable bonds is 1. The summed E-state index contributed by atoms with van der Waals surface area (Å²) in [6, 6.07) is 0. The molecule has 0 bridgehead atoms. The van der Waals surface area contributed by atoms with E-state index in [1.807, 2.05) is 23.5 Å². The molecule has 0 aromatic heterocycles. The summed E-state index contributed by atoms with van der Waals surface area (Å²) in [6.45, 7) is 2.05. The van der Waals surface area contributed by atoms with Crippen molar-refractivity contribution in [2.45, 2.75) is 13.3 Å². The lowest BCUT2D eigenvalue weighted by Gasteiger charge is -2.10. The molecule has 0 atom stereocenters. The SMILES string of the molecule is C/C=C/C=C1SCCCS1. The first-order chi connectivity index (χ1) is 4.93. The zero-order valence-electron chi connectivity index (χ0n) is 6.17. The van der Waals surface area contributed by atoms with Crippen LogP contribution < -0.4 is 0 Å². The average Bonchev–Trinajstić information content (AvgIpc) is 2.03. The summed E-state index contributed by atoms with van der Waals surface area (Å²) in [5, 5.41) is 0. The van der Waals surface area contributed by atoms with Crippen molar-refractivity contribution in [3.8, 4) is 0 Å². The minimum Gasteiger partial charge on any atom is -0.119 e. The zero-order valence-corrected chi connectivity index (χ0v) is 7.80. The predicted molar refractivity (Wildman–Crippen MR) is 52.4 cm³/mol. The van der Waals surface area contributed by atoms with Crippen LogP contribution in [-0.2, 0) is 0 Å². The van der Waals surface area contributed by atoms with Gasteiger partial charge in [-0.15, -0.1) is 23.5 Å². The van der Waals surface area contributed by atoms with Crippen LogP contribution in [0.15, 0.2) is 22.5 Å². The molecule has 1 saturated heterocycles. The Bertz CT molecular complexity index is 139. The molecule has 0 unspecified atom stereocenters. The Morgan fingerprint density at radius 2 is 2.00 bits per heavy atom. The minimum atomic E-state index is 1.30. The van der Waals surface area contributed by atoms with Gasteiger partial charge in [0.2, 0.25) is 0 Å². The monoisotopic (exact) mass is 172 g/mol. The number of thioether (sulfide) groups is 2. The van der Waals surface area contributed by atoms with Crippen molar-refractivity contribution in [2.24, 2.45) is 0 Å². The minimum absolute atomic E-state index is 1.30. The van der Waals surface area contributed by atoms with Gasteiger partial charge in [-0.05, 0) is 30.9 Å². The van der Waals surface area contributed by atoms with Gasteiger partial charge in [-0.3, -0.25) is 0 Å². The number of hydrogen-bond acceptors (Lipinski definition) is 2. The fourth-order valence-corrected chi connectivity index (χ4v) is 3.06. The van der Waals surface area contributed by atoms with E-state index in [2.05, 4.69) is 25.2 Å². The molecule has 1 heterocycles. The molecule has 1 aliphatic rings. The zero-order chi connectivity index (χ0) is 7.23. The standard InChI is InChI=1S/C8H12S2/c1-2-3-5-8-9-6-4-7-10-8/h2-3,5H,4,6-7H2,1H3/b3-2+. The lowest BCUT2D eigenvalue weighted by atomic mass is 10.5. The molecule has 0 nitrogen and oxygen atoms in total. The van der Waals surface area contributed by atoms with Gasteiger partial charge in [-0.1, -0.05) is 12.2 Å². The Labute approximate surface area is 71.2 Å². The molecule has 1 rings (SSSR count). The van der Waals surface area contributed by atoms with Gasteiger partial charge in [0.05, 0.1) is 0 Å². The van der Waals surface area contributed by atoms with Crippen LogP contribution in [0.2, 0.25) is 0 Å². The molecule has 0 saturated carbocycles. The van der Waals surface area contributed by atoms with E-state index in [1.54, 1.807) is 0 Å². The van der Waals surface area contributed by atoms with Crippen molar-refractivity contribution in [3.63, 3.8) is 0 Å². The normalized spacial score (nSPS) is 19.9. The highest BCUT2D eigenvalue weighted by molar-refractivity contribution is 8.22. The van der Waals surface area contributed by atoms with Crippen molar-refractivity contribution in [2.75, 3.05) is 11.5 Å². The topological polar surface area (TPSA) is 0 Å². The third-order valence-electron chi connectivity index (χ3n) is 1.20. The highest BCUT2D eigenvalue weighted by Crippen LogP contribution is 2.34. The van der Waals surface area contributed by atoms with Gasteiger partial charge in [0.1, 0.15) is 0 Å². The molecule has 0 aromatic rings. The van der Waals surface area contributed by atoms with Gasteiger partial charge in [-0.2, -0.15) is 0 Å². The first-order valence-electron chi connectivity index (χ1n) is 3.52. The Kier molecular flexibility index (Phi) is 4.07. The fourth-order valence-electron chi connectivity index (χ4n) is 0.717. The van der Waals surface area contributed by atoms with Crippen molar-refractivity contribution < 1.29 is 0 Å². The third-order valence-corrected chi connectivity index (χ3v) is 3.74. The van der Waals surface area contributed by atoms with E-state index >= 15 is 0 Å². The molecule has 0 aliphatic carbocycles. The Morgan fingerprint density at radius 1 is 1.30 bits per heavy atom. The van der Waals surface area contributed by atoms with E-state index in [9.17, 15) is 0 Å². The summed E-state index contributed by atoms with van der Waals surface area (Å²) in [6.07, 6.45) is 7.75. The average molecular weight is 172 g/mol. The van der Waals surface area contributed by atoms with Crippen LogP contribution in [0.1, 0.15) is 13.3 Å². The molecule has 0 amide bonds. The smallest absolute Gasteiger partial charge is 0.0400 e. The summed E-state index contributed by atoms with van der Waals surface area (Å²) >= 11 is 3.95. The molecule has 1 aliphatic heterocycles. The number of allylic oxidation sites excluding steroid dienone is 3. The summed E-state index contributed by atoms with van der Waals surface area (Å²) in [5.41, 5.74) is 0. The Hall–Kier alpha value is 0.180. The molecular weight excluding hydrogens is 160 g/mol. The molecule has 0 spiro atoms. The highest BCUT2D eigenvalue weighted by atomic mass is 32.2. The van der Waals surface area contributed by atoms with E-state index in [0.29, 0.717) is 0 Å². The van der Waals surface area contributed by atoms with Crippen LogP contribution >= 0.6 is 23.5 Å². The summed E-state index contributed by atoms with van der Waals surface area (Å²) < 4.78 is 1.48. The molecule has 56 valence electrons. The largest absolute Gasteiger partial charge is 0.119 e. The van der Waals surface area contributed by atoms with Crippen molar-refractivity contribution >= 4 is 23.5 Å². The van der Waals surface area contributed by atoms with E-state index in [1.165, 1.54) is 22.2 Å². The predicted octanol–water partition coefficient (Wildman–Crippen LogP) is 3.27. The second-order valence-corrected chi connectivity index (χ2v) is 4.59. The molecule has 10 heavy (non-hydrogen) atoms. The second kappa shape index (κ2) is 4.91. The van der Waals surface area contributed by atoms with Crippen LogP contribution in [0.5, 0.6) is 0 Å². The van der Waals surface area contributed by atoms with Crippen LogP contribution in [0.4, 0.5) is 0 Å². The van der Waals surface area contributed by atoms with Gasteiger partial charge < -0.3 is 0 Å². The van der Waals surface area contributed by atoms with Crippen LogP contribution in [0.25, 0.3) is 0 Å². The lowest BCUT2D eigenvalue weighted by molar-refractivity contribution is 1.12. The molecule has 0 N–H and O–H groups in total. The third kappa shape index (κ3) is 2.84. The molecular formula is C8H12S2. The summed E-state index contributed by atoms with van der Waals surface area (Å²) in [7, 11) is 0. The maximum atomic E-state index is 2.20. The number of hydrogen-bond donors (Lipinski definition) is 0. The quantitative estimate of drug-likeness (QED) is 0.595. The second-order valence-electron chi connectivity index (χ2n) is 2.06. The van der Waals surface area contributed by atoms with Crippen LogP contribution in [-0.4, -0.2) is 11.5 Å². The van der Waals surface area contributed by atoms with Gasteiger partial charge in [-0.25, -0.2) is 0 Å². The van der Waals surface area contributed by atoms with Gasteiger partial charge in [0.15, 0.2) is 0 Å². The first kappa shape index (κ1) is 8.28. The molecule has 1 fully saturated rings. The fraction of sp³-hybridized carbons (Fsp3) is 0.500. The molecule has 0 aromatic carbocycles. The van der Waals surface area contributed by atoms with Crippen molar-refractivity contribution in [3.05, 3.63) is 22.5 Å². The summed E-state index contributed by atoms with van der Waals surface area (Å²) in [4.78, 5) is 0. The Morgan fingerprint density at radius 3 is 2.60 bits per heavy atom. The molecule has 0 radical (unpaired) electrons. The van der Waals surface area contributed by atoms with Gasteiger partial charge in [0, 0.05) is 4.24 Å². The van der Waals surface area contributed by atoms with Gasteiger partial charge in [0.25, 0.3) is 0 Å². The first-order valence-corrected chi connectivity index (χ1v) is 5.49. The van der Waals surface area contributed by atoms with E-state index in [0.717, 1.165) is 0 Å². The Balaban J connectivity index is 2.37. The van der Waals surface area contributed by atoms with Gasteiger partial charge >= 0.3 is 0 Å². The van der Waals surface area contributed by atoms with Crippen LogP contribution in [0.3, 0.4) is 0 Å². The van der Waals surface area contributed by atoms with E-state index in [-0.39, 0.29) is 0 Å². The maximum absolute atomic E-state index is 2.20. The van der Waals surface area contributed by atoms with Crippen molar-refractivity contribution in [1.82, 2.24) is 0 Å². The highest BCUT2D eigenvalue weighted by Gasteiger charge is 2.03. The van der Waals surface area contributed by atoms with Crippen molar-refractivity contribution in [1.29, 1.82) is 0 Å². The van der Waals surface area contributed by atoms with Crippen LogP contribution in [0, 0.1) is 0 Å². The summed E-state index contributed by atoms with van der Waals surface area (Å²) in [5.74, 6) is 2.60. The lowest BCUT2D eigenvalue weighted by Crippen LogP contribution is -1.90. The van der Waals surface area contributed by atoms with E-state index in [4.69, 9.17) is 0 Å². The van der Waals surface area contributed by atoms with E-state index < -0.39 is 0 Å². The maximum Gasteiger partial charge on any atom is 0.0400 e.